The quantitative estimate of drug-likeness (QED) is 0.769. The maximum absolute atomic E-state index is 5.14. The minimum atomic E-state index is 0.617. The van der Waals surface area contributed by atoms with Gasteiger partial charge in [0, 0.05) is 18.3 Å². The van der Waals surface area contributed by atoms with Gasteiger partial charge >= 0.3 is 0 Å². The zero-order valence-corrected chi connectivity index (χ0v) is 12.0. The van der Waals surface area contributed by atoms with Crippen LogP contribution in [0.4, 0.5) is 5.95 Å². The van der Waals surface area contributed by atoms with Gasteiger partial charge in [-0.05, 0) is 19.3 Å². The average molecular weight is 251 g/mol. The first-order valence-electron chi connectivity index (χ1n) is 6.83. The van der Waals surface area contributed by atoms with Crippen molar-refractivity contribution < 1.29 is 4.74 Å². The molecule has 0 bridgehead atoms. The lowest BCUT2D eigenvalue weighted by Gasteiger charge is -2.15. The van der Waals surface area contributed by atoms with Crippen molar-refractivity contribution in [1.82, 2.24) is 9.97 Å². The second-order valence-electron chi connectivity index (χ2n) is 4.67. The molecule has 1 atom stereocenters. The molecule has 1 rings (SSSR count). The predicted octanol–water partition coefficient (Wildman–Crippen LogP) is 3.42. The summed E-state index contributed by atoms with van der Waals surface area (Å²) >= 11 is 0. The van der Waals surface area contributed by atoms with Crippen molar-refractivity contribution in [2.75, 3.05) is 19.0 Å². The Morgan fingerprint density at radius 2 is 2.11 bits per heavy atom. The average Bonchev–Trinajstić information content (AvgIpc) is 2.38. The summed E-state index contributed by atoms with van der Waals surface area (Å²) in [6, 6.07) is 1.83. The van der Waals surface area contributed by atoms with E-state index in [1.165, 1.54) is 25.7 Å². The summed E-state index contributed by atoms with van der Waals surface area (Å²) in [6.07, 6.45) is 5.00. The van der Waals surface area contributed by atoms with Crippen LogP contribution in [0.15, 0.2) is 6.07 Å². The highest BCUT2D eigenvalue weighted by molar-refractivity contribution is 5.30. The first-order valence-corrected chi connectivity index (χ1v) is 6.83. The van der Waals surface area contributed by atoms with E-state index in [4.69, 9.17) is 4.74 Å². The third-order valence-electron chi connectivity index (χ3n) is 3.13. The molecule has 0 aliphatic rings. The molecule has 102 valence electrons. The molecular formula is C14H25N3O. The van der Waals surface area contributed by atoms with Gasteiger partial charge in [0.1, 0.15) is 0 Å². The van der Waals surface area contributed by atoms with E-state index >= 15 is 0 Å². The van der Waals surface area contributed by atoms with Crippen molar-refractivity contribution in [2.45, 2.75) is 46.5 Å². The number of aromatic nitrogens is 2. The number of rotatable bonds is 8. The highest BCUT2D eigenvalue weighted by Crippen LogP contribution is 2.15. The van der Waals surface area contributed by atoms with Crippen molar-refractivity contribution in [3.8, 4) is 5.88 Å². The van der Waals surface area contributed by atoms with Gasteiger partial charge in [0.15, 0.2) is 0 Å². The standard InChI is InChI=1S/C14H25N3O/c1-5-7-8-12(6-2)10-15-14-16-11(3)9-13(17-14)18-4/h9,12H,5-8,10H2,1-4H3,(H,15,16,17). The maximum atomic E-state index is 5.14. The van der Waals surface area contributed by atoms with Gasteiger partial charge < -0.3 is 10.1 Å². The molecule has 1 aromatic heterocycles. The van der Waals surface area contributed by atoms with Crippen LogP contribution in [-0.4, -0.2) is 23.6 Å². The third kappa shape index (κ3) is 4.90. The fraction of sp³-hybridized carbons (Fsp3) is 0.714. The Bertz CT molecular complexity index is 355. The lowest BCUT2D eigenvalue weighted by molar-refractivity contribution is 0.396. The number of ether oxygens (including phenoxy) is 1. The second-order valence-corrected chi connectivity index (χ2v) is 4.67. The molecule has 1 unspecified atom stereocenters. The Morgan fingerprint density at radius 3 is 2.72 bits per heavy atom. The largest absolute Gasteiger partial charge is 0.481 e. The van der Waals surface area contributed by atoms with Gasteiger partial charge in [-0.3, -0.25) is 0 Å². The van der Waals surface area contributed by atoms with Gasteiger partial charge in [-0.2, -0.15) is 4.98 Å². The van der Waals surface area contributed by atoms with Crippen LogP contribution < -0.4 is 10.1 Å². The van der Waals surface area contributed by atoms with Crippen molar-refractivity contribution in [1.29, 1.82) is 0 Å². The Kier molecular flexibility index (Phi) is 6.47. The van der Waals surface area contributed by atoms with E-state index in [0.29, 0.717) is 17.7 Å². The summed E-state index contributed by atoms with van der Waals surface area (Å²) in [6.45, 7) is 7.35. The van der Waals surface area contributed by atoms with E-state index in [9.17, 15) is 0 Å². The molecule has 0 aromatic carbocycles. The maximum Gasteiger partial charge on any atom is 0.226 e. The van der Waals surface area contributed by atoms with Crippen LogP contribution in [0.25, 0.3) is 0 Å². The molecule has 0 radical (unpaired) electrons. The second kappa shape index (κ2) is 7.90. The molecule has 1 aromatic rings. The molecule has 0 fully saturated rings. The highest BCUT2D eigenvalue weighted by atomic mass is 16.5. The zero-order valence-electron chi connectivity index (χ0n) is 12.0. The van der Waals surface area contributed by atoms with E-state index in [1.54, 1.807) is 7.11 Å². The van der Waals surface area contributed by atoms with Gasteiger partial charge in [-0.1, -0.05) is 33.1 Å². The molecule has 0 saturated heterocycles. The molecular weight excluding hydrogens is 226 g/mol. The fourth-order valence-corrected chi connectivity index (χ4v) is 1.90. The zero-order chi connectivity index (χ0) is 13.4. The minimum Gasteiger partial charge on any atom is -0.481 e. The summed E-state index contributed by atoms with van der Waals surface area (Å²) in [7, 11) is 1.63. The molecule has 4 nitrogen and oxygen atoms in total. The molecule has 0 aliphatic carbocycles. The molecule has 1 N–H and O–H groups in total. The summed E-state index contributed by atoms with van der Waals surface area (Å²) in [4.78, 5) is 8.66. The highest BCUT2D eigenvalue weighted by Gasteiger charge is 2.07. The van der Waals surface area contributed by atoms with Crippen molar-refractivity contribution >= 4 is 5.95 Å². The number of hydrogen-bond acceptors (Lipinski definition) is 4. The number of anilines is 1. The minimum absolute atomic E-state index is 0.617. The van der Waals surface area contributed by atoms with Crippen LogP contribution in [-0.2, 0) is 0 Å². The number of aryl methyl sites for hydroxylation is 1. The fourth-order valence-electron chi connectivity index (χ4n) is 1.90. The molecule has 4 heteroatoms. The van der Waals surface area contributed by atoms with Gasteiger partial charge in [0.2, 0.25) is 11.8 Å². The van der Waals surface area contributed by atoms with Crippen molar-refractivity contribution in [3.05, 3.63) is 11.8 Å². The number of methoxy groups -OCH3 is 1. The lowest BCUT2D eigenvalue weighted by Crippen LogP contribution is -2.15. The number of nitrogens with one attached hydrogen (secondary N) is 1. The van der Waals surface area contributed by atoms with E-state index < -0.39 is 0 Å². The van der Waals surface area contributed by atoms with E-state index in [-0.39, 0.29) is 0 Å². The van der Waals surface area contributed by atoms with E-state index in [0.717, 1.165) is 12.2 Å². The van der Waals surface area contributed by atoms with Gasteiger partial charge in [0.25, 0.3) is 0 Å². The predicted molar refractivity (Wildman–Crippen MR) is 75.1 cm³/mol. The van der Waals surface area contributed by atoms with Gasteiger partial charge in [-0.25, -0.2) is 4.98 Å². The van der Waals surface area contributed by atoms with Gasteiger partial charge in [-0.15, -0.1) is 0 Å². The van der Waals surface area contributed by atoms with Crippen LogP contribution >= 0.6 is 0 Å². The molecule has 0 saturated carbocycles. The van der Waals surface area contributed by atoms with Crippen LogP contribution in [0.2, 0.25) is 0 Å². The number of unbranched alkanes of at least 4 members (excludes halogenated alkanes) is 1. The van der Waals surface area contributed by atoms with E-state index in [2.05, 4.69) is 29.1 Å². The Labute approximate surface area is 110 Å². The van der Waals surface area contributed by atoms with Crippen LogP contribution in [0.1, 0.15) is 45.2 Å². The lowest BCUT2D eigenvalue weighted by atomic mass is 9.99. The Balaban J connectivity index is 2.53. The normalized spacial score (nSPS) is 12.2. The topological polar surface area (TPSA) is 47.0 Å². The molecule has 1 heterocycles. The molecule has 0 amide bonds. The summed E-state index contributed by atoms with van der Waals surface area (Å²) < 4.78 is 5.14. The van der Waals surface area contributed by atoms with Gasteiger partial charge in [0.05, 0.1) is 7.11 Å². The summed E-state index contributed by atoms with van der Waals surface area (Å²) in [5, 5.41) is 3.32. The Morgan fingerprint density at radius 1 is 1.33 bits per heavy atom. The first-order chi connectivity index (χ1) is 8.69. The molecule has 18 heavy (non-hydrogen) atoms. The molecule has 0 aliphatic heterocycles. The van der Waals surface area contributed by atoms with Crippen LogP contribution in [0.5, 0.6) is 5.88 Å². The first kappa shape index (κ1) is 14.7. The van der Waals surface area contributed by atoms with Crippen molar-refractivity contribution in [3.63, 3.8) is 0 Å². The SMILES string of the molecule is CCCCC(CC)CNc1nc(C)cc(OC)n1. The monoisotopic (exact) mass is 251 g/mol. The summed E-state index contributed by atoms with van der Waals surface area (Å²) in [5.41, 5.74) is 0.922. The van der Waals surface area contributed by atoms with Crippen molar-refractivity contribution in [2.24, 2.45) is 5.92 Å². The number of hydrogen-bond donors (Lipinski definition) is 1. The molecule has 0 spiro atoms. The smallest absolute Gasteiger partial charge is 0.226 e. The van der Waals surface area contributed by atoms with Crippen LogP contribution in [0.3, 0.4) is 0 Å². The third-order valence-corrected chi connectivity index (χ3v) is 3.13. The van der Waals surface area contributed by atoms with E-state index in [1.807, 2.05) is 13.0 Å². The summed E-state index contributed by atoms with van der Waals surface area (Å²) in [5.74, 6) is 1.98. The number of nitrogens with zero attached hydrogens (tertiary/aromatic N) is 2. The Hall–Kier alpha value is -1.32. The van der Waals surface area contributed by atoms with Crippen LogP contribution in [0, 0.1) is 12.8 Å².